The van der Waals surface area contributed by atoms with E-state index in [2.05, 4.69) is 4.98 Å². The molecule has 6 heteroatoms. The van der Waals surface area contributed by atoms with Crippen molar-refractivity contribution >= 4 is 40.9 Å². The molecule has 0 amide bonds. The summed E-state index contributed by atoms with van der Waals surface area (Å²) in [6, 6.07) is 6.96. The average molecular weight is 340 g/mol. The number of hydrogen-bond acceptors (Lipinski definition) is 3. The normalized spacial score (nSPS) is 13.2. The molecule has 0 aliphatic heterocycles. The molecule has 0 saturated carbocycles. The SMILES string of the molecule is O=C(O)c1cc2c(nc1Sc1ccc(Cl)c(Cl)c1)CCC2. The van der Waals surface area contributed by atoms with E-state index in [-0.39, 0.29) is 5.56 Å². The molecule has 1 aliphatic rings. The maximum Gasteiger partial charge on any atom is 0.338 e. The Kier molecular flexibility index (Phi) is 4.11. The standard InChI is InChI=1S/C15H11Cl2NO2S/c16-11-5-4-9(7-12(11)17)21-14-10(15(19)20)6-8-2-1-3-13(8)18-14/h4-7H,1-3H2,(H,19,20). The zero-order chi connectivity index (χ0) is 15.0. The molecule has 1 aromatic heterocycles. The number of aryl methyl sites for hydroxylation is 2. The predicted octanol–water partition coefficient (Wildman–Crippen LogP) is 4.73. The Hall–Kier alpha value is -1.23. The van der Waals surface area contributed by atoms with E-state index < -0.39 is 5.97 Å². The molecule has 0 saturated heterocycles. The molecule has 108 valence electrons. The van der Waals surface area contributed by atoms with Crippen LogP contribution in [0.2, 0.25) is 10.0 Å². The van der Waals surface area contributed by atoms with Crippen molar-refractivity contribution < 1.29 is 9.90 Å². The fraction of sp³-hybridized carbons (Fsp3) is 0.200. The second-order valence-electron chi connectivity index (χ2n) is 4.78. The number of carboxylic acids is 1. The number of aromatic nitrogens is 1. The highest BCUT2D eigenvalue weighted by Gasteiger charge is 2.20. The van der Waals surface area contributed by atoms with Gasteiger partial charge >= 0.3 is 5.97 Å². The maximum atomic E-state index is 11.4. The van der Waals surface area contributed by atoms with Crippen molar-refractivity contribution in [3.63, 3.8) is 0 Å². The van der Waals surface area contributed by atoms with Crippen molar-refractivity contribution in [2.45, 2.75) is 29.2 Å². The van der Waals surface area contributed by atoms with Crippen LogP contribution in [0.4, 0.5) is 0 Å². The van der Waals surface area contributed by atoms with Gasteiger partial charge in [-0.15, -0.1) is 0 Å². The lowest BCUT2D eigenvalue weighted by Crippen LogP contribution is -2.04. The van der Waals surface area contributed by atoms with Crippen LogP contribution < -0.4 is 0 Å². The fourth-order valence-electron chi connectivity index (χ4n) is 2.34. The zero-order valence-corrected chi connectivity index (χ0v) is 13.2. The molecule has 3 rings (SSSR count). The summed E-state index contributed by atoms with van der Waals surface area (Å²) in [4.78, 5) is 16.8. The van der Waals surface area contributed by atoms with E-state index >= 15 is 0 Å². The lowest BCUT2D eigenvalue weighted by molar-refractivity contribution is 0.0692. The van der Waals surface area contributed by atoms with Crippen molar-refractivity contribution in [1.82, 2.24) is 4.98 Å². The van der Waals surface area contributed by atoms with Gasteiger partial charge in [0.05, 0.1) is 15.6 Å². The Morgan fingerprint density at radius 2 is 2.00 bits per heavy atom. The third-order valence-electron chi connectivity index (χ3n) is 3.35. The molecule has 0 bridgehead atoms. The lowest BCUT2D eigenvalue weighted by Gasteiger charge is -2.09. The molecule has 0 radical (unpaired) electrons. The van der Waals surface area contributed by atoms with Crippen molar-refractivity contribution in [2.75, 3.05) is 0 Å². The number of fused-ring (bicyclic) bond motifs is 1. The van der Waals surface area contributed by atoms with E-state index in [1.54, 1.807) is 24.3 Å². The van der Waals surface area contributed by atoms with Crippen LogP contribution in [0.1, 0.15) is 28.0 Å². The van der Waals surface area contributed by atoms with Crippen LogP contribution in [0.3, 0.4) is 0 Å². The Bertz CT molecular complexity index is 734. The van der Waals surface area contributed by atoms with E-state index in [0.29, 0.717) is 15.1 Å². The summed E-state index contributed by atoms with van der Waals surface area (Å²) in [5.41, 5.74) is 2.29. The van der Waals surface area contributed by atoms with Crippen LogP contribution in [0.25, 0.3) is 0 Å². The van der Waals surface area contributed by atoms with E-state index in [4.69, 9.17) is 23.2 Å². The van der Waals surface area contributed by atoms with Crippen molar-refractivity contribution in [3.05, 3.63) is 51.1 Å². The Morgan fingerprint density at radius 1 is 1.19 bits per heavy atom. The van der Waals surface area contributed by atoms with Crippen LogP contribution >= 0.6 is 35.0 Å². The first-order chi connectivity index (χ1) is 10.0. The number of carbonyl (C=O) groups is 1. The third kappa shape index (κ3) is 3.03. The van der Waals surface area contributed by atoms with Crippen LogP contribution in [-0.2, 0) is 12.8 Å². The second kappa shape index (κ2) is 5.87. The number of halogens is 2. The number of hydrogen-bond donors (Lipinski definition) is 1. The van der Waals surface area contributed by atoms with Crippen molar-refractivity contribution in [3.8, 4) is 0 Å². The number of benzene rings is 1. The Labute approximate surface area is 136 Å². The second-order valence-corrected chi connectivity index (χ2v) is 6.66. The lowest BCUT2D eigenvalue weighted by atomic mass is 10.1. The number of carboxylic acid groups (broad SMARTS) is 1. The first-order valence-electron chi connectivity index (χ1n) is 6.43. The Balaban J connectivity index is 2.01. The Morgan fingerprint density at radius 3 is 2.71 bits per heavy atom. The highest BCUT2D eigenvalue weighted by molar-refractivity contribution is 7.99. The number of aromatic carboxylic acids is 1. The molecule has 21 heavy (non-hydrogen) atoms. The summed E-state index contributed by atoms with van der Waals surface area (Å²) < 4.78 is 0. The molecule has 1 heterocycles. The number of rotatable bonds is 3. The van der Waals surface area contributed by atoms with Gasteiger partial charge in [0.15, 0.2) is 0 Å². The van der Waals surface area contributed by atoms with Gasteiger partial charge in [0.25, 0.3) is 0 Å². The van der Waals surface area contributed by atoms with Crippen LogP contribution in [0, 0.1) is 0 Å². The van der Waals surface area contributed by atoms with Gasteiger partial charge in [-0.3, -0.25) is 0 Å². The molecule has 1 aromatic carbocycles. The van der Waals surface area contributed by atoms with Crippen molar-refractivity contribution in [1.29, 1.82) is 0 Å². The summed E-state index contributed by atoms with van der Waals surface area (Å²) >= 11 is 13.2. The molecular weight excluding hydrogens is 329 g/mol. The largest absolute Gasteiger partial charge is 0.478 e. The van der Waals surface area contributed by atoms with Gasteiger partial charge in [-0.1, -0.05) is 35.0 Å². The smallest absolute Gasteiger partial charge is 0.338 e. The summed E-state index contributed by atoms with van der Waals surface area (Å²) in [7, 11) is 0. The van der Waals surface area contributed by atoms with Crippen LogP contribution in [0.5, 0.6) is 0 Å². The quantitative estimate of drug-likeness (QED) is 0.878. The summed E-state index contributed by atoms with van der Waals surface area (Å²) in [5, 5.41) is 10.8. The van der Waals surface area contributed by atoms with Crippen LogP contribution in [0.15, 0.2) is 34.2 Å². The van der Waals surface area contributed by atoms with E-state index in [1.807, 2.05) is 0 Å². The number of pyridine rings is 1. The highest BCUT2D eigenvalue weighted by Crippen LogP contribution is 2.35. The average Bonchev–Trinajstić information content (AvgIpc) is 2.89. The molecule has 0 unspecified atom stereocenters. The molecular formula is C15H11Cl2NO2S. The summed E-state index contributed by atoms with van der Waals surface area (Å²) in [5.74, 6) is -0.959. The molecule has 3 nitrogen and oxygen atoms in total. The number of nitrogens with zero attached hydrogens (tertiary/aromatic N) is 1. The summed E-state index contributed by atoms with van der Waals surface area (Å²) in [6.07, 6.45) is 2.84. The van der Waals surface area contributed by atoms with Gasteiger partial charge in [0, 0.05) is 10.6 Å². The predicted molar refractivity (Wildman–Crippen MR) is 83.8 cm³/mol. The fourth-order valence-corrected chi connectivity index (χ4v) is 3.65. The van der Waals surface area contributed by atoms with E-state index in [9.17, 15) is 9.90 Å². The maximum absolute atomic E-state index is 11.4. The first kappa shape index (κ1) is 14.7. The minimum absolute atomic E-state index is 0.242. The molecule has 1 aliphatic carbocycles. The van der Waals surface area contributed by atoms with Gasteiger partial charge in [0.1, 0.15) is 5.03 Å². The zero-order valence-electron chi connectivity index (χ0n) is 10.9. The molecule has 1 N–H and O–H groups in total. The summed E-state index contributed by atoms with van der Waals surface area (Å²) in [6.45, 7) is 0. The highest BCUT2D eigenvalue weighted by atomic mass is 35.5. The van der Waals surface area contributed by atoms with Gasteiger partial charge in [-0.25, -0.2) is 9.78 Å². The van der Waals surface area contributed by atoms with Gasteiger partial charge < -0.3 is 5.11 Å². The van der Waals surface area contributed by atoms with Gasteiger partial charge in [-0.05, 0) is 49.1 Å². The molecule has 0 atom stereocenters. The van der Waals surface area contributed by atoms with Gasteiger partial charge in [0.2, 0.25) is 0 Å². The van der Waals surface area contributed by atoms with Gasteiger partial charge in [-0.2, -0.15) is 0 Å². The molecule has 0 spiro atoms. The molecule has 2 aromatic rings. The first-order valence-corrected chi connectivity index (χ1v) is 8.01. The van der Waals surface area contributed by atoms with E-state index in [1.165, 1.54) is 11.8 Å². The van der Waals surface area contributed by atoms with Crippen molar-refractivity contribution in [2.24, 2.45) is 0 Å². The molecule has 0 fully saturated rings. The van der Waals surface area contributed by atoms with E-state index in [0.717, 1.165) is 35.4 Å². The minimum atomic E-state index is -0.959. The minimum Gasteiger partial charge on any atom is -0.478 e. The monoisotopic (exact) mass is 339 g/mol. The third-order valence-corrected chi connectivity index (χ3v) is 5.09. The van der Waals surface area contributed by atoms with Crippen LogP contribution in [-0.4, -0.2) is 16.1 Å². The topological polar surface area (TPSA) is 50.2 Å².